The summed E-state index contributed by atoms with van der Waals surface area (Å²) in [4.78, 5) is 27.6. The van der Waals surface area contributed by atoms with Crippen molar-refractivity contribution in [1.82, 2.24) is 10.3 Å². The third-order valence-corrected chi connectivity index (χ3v) is 4.74. The molecule has 0 radical (unpaired) electrons. The number of carboxylic acids is 1. The molecule has 2 unspecified atom stereocenters. The van der Waals surface area contributed by atoms with Crippen LogP contribution in [0.4, 0.5) is 0 Å². The summed E-state index contributed by atoms with van der Waals surface area (Å²) in [6.45, 7) is 2.93. The largest absolute Gasteiger partial charge is 0.494 e. The van der Waals surface area contributed by atoms with Crippen molar-refractivity contribution in [3.05, 3.63) is 48.2 Å². The summed E-state index contributed by atoms with van der Waals surface area (Å²) in [7, 11) is 0. The van der Waals surface area contributed by atoms with E-state index in [1.807, 2.05) is 25.1 Å². The molecule has 1 aliphatic carbocycles. The molecule has 1 aliphatic rings. The van der Waals surface area contributed by atoms with Gasteiger partial charge in [0.15, 0.2) is 0 Å². The van der Waals surface area contributed by atoms with Crippen molar-refractivity contribution in [3.63, 3.8) is 0 Å². The van der Waals surface area contributed by atoms with Crippen LogP contribution in [0.3, 0.4) is 0 Å². The standard InChI is InChI=1S/C21H24N2O5/c1-2-12-27-15-5-7-16(8-6-15)28-20-14(4-3-11-22-20)13-23-19(24)17-9-10-18(17)21(25)26/h3-8,11,17-18H,2,9-10,12-13H2,1H3,(H,23,24)(H,25,26). The van der Waals surface area contributed by atoms with Crippen LogP contribution >= 0.6 is 0 Å². The molecule has 2 N–H and O–H groups in total. The maximum absolute atomic E-state index is 12.3. The highest BCUT2D eigenvalue weighted by atomic mass is 16.5. The van der Waals surface area contributed by atoms with Crippen molar-refractivity contribution in [2.45, 2.75) is 32.7 Å². The van der Waals surface area contributed by atoms with Gasteiger partial charge in [0, 0.05) is 18.3 Å². The second-order valence-electron chi connectivity index (χ2n) is 6.74. The van der Waals surface area contributed by atoms with Gasteiger partial charge in [0.1, 0.15) is 11.5 Å². The van der Waals surface area contributed by atoms with Gasteiger partial charge in [0.2, 0.25) is 11.8 Å². The Labute approximate surface area is 163 Å². The predicted octanol–water partition coefficient (Wildman–Crippen LogP) is 3.39. The Hall–Kier alpha value is -3.09. The van der Waals surface area contributed by atoms with Gasteiger partial charge in [-0.25, -0.2) is 4.98 Å². The van der Waals surface area contributed by atoms with E-state index in [1.165, 1.54) is 0 Å². The minimum atomic E-state index is -0.914. The number of hydrogen-bond donors (Lipinski definition) is 2. The highest BCUT2D eigenvalue weighted by Crippen LogP contribution is 2.34. The van der Waals surface area contributed by atoms with Crippen LogP contribution in [-0.4, -0.2) is 28.6 Å². The van der Waals surface area contributed by atoms with Crippen molar-refractivity contribution in [1.29, 1.82) is 0 Å². The smallest absolute Gasteiger partial charge is 0.307 e. The highest BCUT2D eigenvalue weighted by Gasteiger charge is 2.41. The molecule has 148 valence electrons. The first kappa shape index (κ1) is 19.7. The first-order valence-corrected chi connectivity index (χ1v) is 9.43. The summed E-state index contributed by atoms with van der Waals surface area (Å²) < 4.78 is 11.4. The second kappa shape index (κ2) is 9.21. The number of pyridine rings is 1. The van der Waals surface area contributed by atoms with Gasteiger partial charge in [-0.1, -0.05) is 13.0 Å². The Bertz CT molecular complexity index is 822. The molecule has 0 bridgehead atoms. The fraction of sp³-hybridized carbons (Fsp3) is 0.381. The average molecular weight is 384 g/mol. The number of ether oxygens (including phenoxy) is 2. The monoisotopic (exact) mass is 384 g/mol. The van der Waals surface area contributed by atoms with E-state index in [2.05, 4.69) is 10.3 Å². The summed E-state index contributed by atoms with van der Waals surface area (Å²) in [5.74, 6) is -0.425. The van der Waals surface area contributed by atoms with Gasteiger partial charge in [-0.3, -0.25) is 9.59 Å². The highest BCUT2D eigenvalue weighted by molar-refractivity contribution is 5.86. The number of carboxylic acid groups (broad SMARTS) is 1. The van der Waals surface area contributed by atoms with Crippen LogP contribution < -0.4 is 14.8 Å². The molecule has 1 fully saturated rings. The molecule has 1 aromatic carbocycles. The van der Waals surface area contributed by atoms with Gasteiger partial charge in [0.25, 0.3) is 0 Å². The van der Waals surface area contributed by atoms with Crippen LogP contribution in [0.5, 0.6) is 17.4 Å². The fourth-order valence-electron chi connectivity index (χ4n) is 3.01. The maximum atomic E-state index is 12.3. The van der Waals surface area contributed by atoms with Crippen molar-refractivity contribution in [2.75, 3.05) is 6.61 Å². The molecule has 0 saturated heterocycles. The van der Waals surface area contributed by atoms with Gasteiger partial charge >= 0.3 is 5.97 Å². The van der Waals surface area contributed by atoms with Crippen molar-refractivity contribution in [2.24, 2.45) is 11.8 Å². The molecular weight excluding hydrogens is 360 g/mol. The summed E-state index contributed by atoms with van der Waals surface area (Å²) in [5, 5.41) is 11.9. The van der Waals surface area contributed by atoms with E-state index < -0.39 is 17.8 Å². The van der Waals surface area contributed by atoms with Gasteiger partial charge in [-0.2, -0.15) is 0 Å². The predicted molar refractivity (Wildman–Crippen MR) is 102 cm³/mol. The Morgan fingerprint density at radius 3 is 2.50 bits per heavy atom. The quantitative estimate of drug-likeness (QED) is 0.688. The maximum Gasteiger partial charge on any atom is 0.307 e. The van der Waals surface area contributed by atoms with E-state index >= 15 is 0 Å². The van der Waals surface area contributed by atoms with E-state index in [0.717, 1.165) is 12.2 Å². The van der Waals surface area contributed by atoms with Gasteiger partial charge in [-0.15, -0.1) is 0 Å². The van der Waals surface area contributed by atoms with Gasteiger partial charge in [-0.05, 0) is 49.6 Å². The lowest BCUT2D eigenvalue weighted by atomic mass is 9.73. The zero-order valence-electron chi connectivity index (χ0n) is 15.8. The molecule has 2 atom stereocenters. The van der Waals surface area contributed by atoms with Crippen LogP contribution in [0.1, 0.15) is 31.7 Å². The molecule has 1 heterocycles. The first-order valence-electron chi connectivity index (χ1n) is 9.43. The Morgan fingerprint density at radius 1 is 1.14 bits per heavy atom. The summed E-state index contributed by atoms with van der Waals surface area (Å²) in [6.07, 6.45) is 3.71. The number of aliphatic carboxylic acids is 1. The Kier molecular flexibility index (Phi) is 6.47. The molecule has 0 aliphatic heterocycles. The fourth-order valence-corrected chi connectivity index (χ4v) is 3.01. The number of carbonyl (C=O) groups is 2. The minimum absolute atomic E-state index is 0.225. The second-order valence-corrected chi connectivity index (χ2v) is 6.74. The molecule has 1 aromatic heterocycles. The zero-order valence-corrected chi connectivity index (χ0v) is 15.8. The van der Waals surface area contributed by atoms with Crippen LogP contribution in [-0.2, 0) is 16.1 Å². The van der Waals surface area contributed by atoms with Crippen LogP contribution in [0.25, 0.3) is 0 Å². The Balaban J connectivity index is 1.60. The number of carbonyl (C=O) groups excluding carboxylic acids is 1. The molecule has 28 heavy (non-hydrogen) atoms. The number of nitrogens with zero attached hydrogens (tertiary/aromatic N) is 1. The lowest BCUT2D eigenvalue weighted by Crippen LogP contribution is -2.43. The first-order chi connectivity index (χ1) is 13.6. The van der Waals surface area contributed by atoms with E-state index in [4.69, 9.17) is 14.6 Å². The molecular formula is C21H24N2O5. The van der Waals surface area contributed by atoms with E-state index in [0.29, 0.717) is 36.6 Å². The third kappa shape index (κ3) is 4.79. The van der Waals surface area contributed by atoms with Crippen molar-refractivity contribution < 1.29 is 24.2 Å². The lowest BCUT2D eigenvalue weighted by Gasteiger charge is -2.31. The van der Waals surface area contributed by atoms with E-state index in [9.17, 15) is 9.59 Å². The number of hydrogen-bond acceptors (Lipinski definition) is 5. The van der Waals surface area contributed by atoms with Crippen LogP contribution in [0, 0.1) is 11.8 Å². The summed E-state index contributed by atoms with van der Waals surface area (Å²) >= 11 is 0. The SMILES string of the molecule is CCCOc1ccc(Oc2ncccc2CNC(=O)C2CCC2C(=O)O)cc1. The molecule has 0 spiro atoms. The molecule has 1 saturated carbocycles. The normalized spacial score (nSPS) is 18.0. The zero-order chi connectivity index (χ0) is 19.9. The number of aromatic nitrogens is 1. The lowest BCUT2D eigenvalue weighted by molar-refractivity contribution is -0.152. The molecule has 2 aromatic rings. The summed E-state index contributed by atoms with van der Waals surface area (Å²) in [6, 6.07) is 10.8. The minimum Gasteiger partial charge on any atom is -0.494 e. The molecule has 3 rings (SSSR count). The molecule has 7 heteroatoms. The molecule has 1 amide bonds. The molecule has 7 nitrogen and oxygen atoms in total. The van der Waals surface area contributed by atoms with E-state index in [1.54, 1.807) is 24.4 Å². The topological polar surface area (TPSA) is 97.8 Å². The number of nitrogens with one attached hydrogen (secondary N) is 1. The number of benzene rings is 1. The third-order valence-electron chi connectivity index (χ3n) is 4.74. The van der Waals surface area contributed by atoms with Gasteiger partial charge < -0.3 is 19.9 Å². The number of amides is 1. The van der Waals surface area contributed by atoms with Gasteiger partial charge in [0.05, 0.1) is 18.4 Å². The summed E-state index contributed by atoms with van der Waals surface area (Å²) in [5.41, 5.74) is 0.716. The van der Waals surface area contributed by atoms with Crippen molar-refractivity contribution >= 4 is 11.9 Å². The van der Waals surface area contributed by atoms with Crippen LogP contribution in [0.15, 0.2) is 42.6 Å². The van der Waals surface area contributed by atoms with E-state index in [-0.39, 0.29) is 12.5 Å². The number of rotatable bonds is 9. The van der Waals surface area contributed by atoms with Crippen molar-refractivity contribution in [3.8, 4) is 17.4 Å². The van der Waals surface area contributed by atoms with Crippen LogP contribution in [0.2, 0.25) is 0 Å². The Morgan fingerprint density at radius 2 is 1.86 bits per heavy atom. The average Bonchev–Trinajstić information content (AvgIpc) is 2.65.